The molecule has 0 amide bonds. The van der Waals surface area contributed by atoms with Crippen LogP contribution in [0.5, 0.6) is 0 Å². The number of carbonyl (C=O) groups excluding carboxylic acids is 4. The number of likely N-dealkylation sites (N-methyl/N-ethyl adjacent to an activating group) is 1. The van der Waals surface area contributed by atoms with Crippen molar-refractivity contribution in [3.05, 3.63) is 0 Å². The Morgan fingerprint density at radius 1 is 1.24 bits per heavy atom. The van der Waals surface area contributed by atoms with E-state index < -0.39 is 76.2 Å². The highest BCUT2D eigenvalue weighted by atomic mass is 16.7. The molecule has 2 saturated heterocycles. The second-order valence-corrected chi connectivity index (χ2v) is 11.5. The predicted octanol–water partition coefficient (Wildman–Crippen LogP) is -0.462. The van der Waals surface area contributed by atoms with E-state index in [1.54, 1.807) is 32.8 Å². The number of aliphatic hydroxyl groups is 2. The Bertz CT molecular complexity index is 966. The number of rotatable bonds is 3. The maximum Gasteiger partial charge on any atom is 0.348 e. The van der Waals surface area contributed by atoms with Crippen molar-refractivity contribution in [2.45, 2.75) is 57.7 Å². The van der Waals surface area contributed by atoms with Gasteiger partial charge in [-0.3, -0.25) is 19.3 Å². The zero-order valence-electron chi connectivity index (χ0n) is 20.1. The molecule has 10 heteroatoms. The lowest BCUT2D eigenvalue weighted by Gasteiger charge is -2.67. The summed E-state index contributed by atoms with van der Waals surface area (Å²) in [5.74, 6) is -7.51. The van der Waals surface area contributed by atoms with E-state index in [0.29, 0.717) is 6.42 Å². The van der Waals surface area contributed by atoms with Crippen LogP contribution in [0.4, 0.5) is 0 Å². The van der Waals surface area contributed by atoms with E-state index in [1.165, 1.54) is 0 Å². The van der Waals surface area contributed by atoms with Crippen molar-refractivity contribution >= 4 is 23.5 Å². The number of carbonyl (C=O) groups is 4. The number of hydrogen-bond acceptors (Lipinski definition) is 10. The molecule has 2 heterocycles. The molecular weight excluding hydrogens is 446 g/mol. The minimum absolute atomic E-state index is 0.0575. The number of nitrogens with zero attached hydrogens (tertiary/aromatic N) is 1. The average Bonchev–Trinajstić information content (AvgIpc) is 3.03. The topological polar surface area (TPSA) is 140 Å². The fraction of sp³-hybridized carbons (Fsp3) is 0.833. The molecule has 2 aliphatic heterocycles. The lowest BCUT2D eigenvalue weighted by molar-refractivity contribution is -0.332. The van der Waals surface area contributed by atoms with Crippen LogP contribution in [0.25, 0.3) is 0 Å². The number of Topliss-reactive ketones (excluding diaryl/α,β-unsaturated/α-hetero) is 2. The summed E-state index contributed by atoms with van der Waals surface area (Å²) in [5.41, 5.74) is -2.42. The third-order valence-corrected chi connectivity index (χ3v) is 9.51. The van der Waals surface area contributed by atoms with Gasteiger partial charge in [0.25, 0.3) is 0 Å². The number of ketones is 2. The van der Waals surface area contributed by atoms with Crippen molar-refractivity contribution in [2.24, 2.45) is 40.4 Å². The number of hydrogen-bond donors (Lipinski definition) is 2. The van der Waals surface area contributed by atoms with E-state index in [-0.39, 0.29) is 31.4 Å². The first-order valence-corrected chi connectivity index (χ1v) is 12.0. The third kappa shape index (κ3) is 2.71. The van der Waals surface area contributed by atoms with Gasteiger partial charge < -0.3 is 24.4 Å². The Balaban J connectivity index is 1.67. The second-order valence-electron chi connectivity index (χ2n) is 11.5. The van der Waals surface area contributed by atoms with Crippen molar-refractivity contribution in [3.8, 4) is 0 Å². The van der Waals surface area contributed by atoms with Gasteiger partial charge in [0.05, 0.1) is 13.2 Å². The van der Waals surface area contributed by atoms with E-state index in [1.807, 2.05) is 6.92 Å². The van der Waals surface area contributed by atoms with E-state index in [0.717, 1.165) is 0 Å². The van der Waals surface area contributed by atoms with Gasteiger partial charge in [-0.1, -0.05) is 20.8 Å². The Morgan fingerprint density at radius 2 is 1.91 bits per heavy atom. The number of esters is 2. The van der Waals surface area contributed by atoms with Gasteiger partial charge in [-0.25, -0.2) is 4.79 Å². The van der Waals surface area contributed by atoms with E-state index >= 15 is 0 Å². The molecule has 5 rings (SSSR count). The molecule has 0 aromatic heterocycles. The van der Waals surface area contributed by atoms with Gasteiger partial charge in [0.1, 0.15) is 12.2 Å². The highest BCUT2D eigenvalue weighted by Crippen LogP contribution is 2.73. The maximum absolute atomic E-state index is 13.5. The van der Waals surface area contributed by atoms with Crippen LogP contribution in [0, 0.1) is 40.4 Å². The number of ether oxygens (including phenoxy) is 3. The minimum atomic E-state index is -2.10. The van der Waals surface area contributed by atoms with Crippen LogP contribution in [-0.4, -0.2) is 90.0 Å². The standard InChI is InChI=1S/C24H33NO9/c1-10-6-13(26)19(29)22(3)12(10)7-14-23-9-32-24(31,21(22)23)18(28)11(2)16(23)17(20(30)33-14)34-15(27)8-25(4)5/h10-12,14,16-18,21,28,31H,6-9H2,1-5H3/t10?,11-,12+,14-,16-,17-,18-,21-,22-,23+,24+/m1/s1. The molecule has 1 unspecified atom stereocenters. The largest absolute Gasteiger partial charge is 0.459 e. The monoisotopic (exact) mass is 479 g/mol. The summed E-state index contributed by atoms with van der Waals surface area (Å²) < 4.78 is 17.4. The molecule has 0 radical (unpaired) electrons. The van der Waals surface area contributed by atoms with Gasteiger partial charge in [-0.05, 0) is 38.3 Å². The molecule has 1 spiro atoms. The van der Waals surface area contributed by atoms with Crippen LogP contribution in [0.15, 0.2) is 0 Å². The molecule has 3 saturated carbocycles. The molecule has 11 atom stereocenters. The van der Waals surface area contributed by atoms with Crippen molar-refractivity contribution in [2.75, 3.05) is 27.2 Å². The van der Waals surface area contributed by atoms with Crippen LogP contribution < -0.4 is 0 Å². The molecule has 2 bridgehead atoms. The quantitative estimate of drug-likeness (QED) is 0.404. The normalized spacial score (nSPS) is 51.6. The lowest BCUT2D eigenvalue weighted by Crippen LogP contribution is -2.78. The van der Waals surface area contributed by atoms with E-state index in [9.17, 15) is 29.4 Å². The first-order valence-electron chi connectivity index (χ1n) is 12.0. The molecule has 5 aliphatic rings. The van der Waals surface area contributed by atoms with Crippen LogP contribution in [0.1, 0.15) is 33.6 Å². The second kappa shape index (κ2) is 7.32. The number of fused-ring (bicyclic) bond motifs is 1. The van der Waals surface area contributed by atoms with Crippen molar-refractivity contribution in [1.82, 2.24) is 4.90 Å². The van der Waals surface area contributed by atoms with Crippen molar-refractivity contribution in [1.29, 1.82) is 0 Å². The summed E-state index contributed by atoms with van der Waals surface area (Å²) in [7, 11) is 3.39. The molecule has 10 nitrogen and oxygen atoms in total. The predicted molar refractivity (Wildman–Crippen MR) is 114 cm³/mol. The Labute approximate surface area is 197 Å². The van der Waals surface area contributed by atoms with E-state index in [4.69, 9.17) is 14.2 Å². The van der Waals surface area contributed by atoms with E-state index in [2.05, 4.69) is 0 Å². The Hall–Kier alpha value is -1.88. The molecule has 0 aromatic rings. The van der Waals surface area contributed by atoms with Crippen molar-refractivity contribution in [3.63, 3.8) is 0 Å². The SMILES string of the molecule is CC1CC(=O)C(=O)[C@]2(C)[C@H]3[C@@]4(O)OC[C@]35[C@H]([C@@H](C)[C@H]4O)[C@@H](OC(=O)CN(C)C)C(=O)O[C@@H]5C[C@@H]12. The fourth-order valence-corrected chi connectivity index (χ4v) is 8.37. The molecule has 188 valence electrons. The summed E-state index contributed by atoms with van der Waals surface area (Å²) in [4.78, 5) is 53.6. The van der Waals surface area contributed by atoms with Gasteiger partial charge in [0.2, 0.25) is 11.9 Å². The Kier molecular flexibility index (Phi) is 5.13. The lowest BCUT2D eigenvalue weighted by atomic mass is 9.37. The molecule has 0 aromatic carbocycles. The summed E-state index contributed by atoms with van der Waals surface area (Å²) in [6, 6.07) is 0. The smallest absolute Gasteiger partial charge is 0.348 e. The maximum atomic E-state index is 13.5. The highest BCUT2D eigenvalue weighted by Gasteiger charge is 2.84. The van der Waals surface area contributed by atoms with Gasteiger partial charge in [0.15, 0.2) is 11.6 Å². The third-order valence-electron chi connectivity index (χ3n) is 9.51. The Morgan fingerprint density at radius 3 is 2.56 bits per heavy atom. The molecule has 2 N–H and O–H groups in total. The highest BCUT2D eigenvalue weighted by molar-refractivity contribution is 6.40. The summed E-state index contributed by atoms with van der Waals surface area (Å²) in [6.45, 7) is 5.10. The van der Waals surface area contributed by atoms with Crippen LogP contribution in [0.2, 0.25) is 0 Å². The van der Waals surface area contributed by atoms with Crippen molar-refractivity contribution < 1.29 is 43.6 Å². The number of aliphatic hydroxyl groups excluding tert-OH is 1. The van der Waals surface area contributed by atoms with Gasteiger partial charge >= 0.3 is 11.9 Å². The van der Waals surface area contributed by atoms with Gasteiger partial charge in [-0.2, -0.15) is 0 Å². The summed E-state index contributed by atoms with van der Waals surface area (Å²) >= 11 is 0. The minimum Gasteiger partial charge on any atom is -0.459 e. The first-order chi connectivity index (χ1) is 15.8. The molecule has 34 heavy (non-hydrogen) atoms. The molecule has 5 fully saturated rings. The van der Waals surface area contributed by atoms with Crippen LogP contribution >= 0.6 is 0 Å². The van der Waals surface area contributed by atoms with Crippen LogP contribution in [0.3, 0.4) is 0 Å². The molecular formula is C24H33NO9. The molecule has 3 aliphatic carbocycles. The first kappa shape index (κ1) is 23.8. The van der Waals surface area contributed by atoms with Crippen LogP contribution in [-0.2, 0) is 33.4 Å². The van der Waals surface area contributed by atoms with Gasteiger partial charge in [0, 0.05) is 29.1 Å². The summed E-state index contributed by atoms with van der Waals surface area (Å²) in [6.07, 6.45) is -3.07. The average molecular weight is 480 g/mol. The fourth-order valence-electron chi connectivity index (χ4n) is 8.37. The zero-order chi connectivity index (χ0) is 25.0. The van der Waals surface area contributed by atoms with Gasteiger partial charge in [-0.15, -0.1) is 0 Å². The summed E-state index contributed by atoms with van der Waals surface area (Å²) in [5, 5.41) is 23.1. The zero-order valence-corrected chi connectivity index (χ0v) is 20.1.